The number of hydrogen-bond acceptors (Lipinski definition) is 6. The van der Waals surface area contributed by atoms with Crippen molar-refractivity contribution in [3.05, 3.63) is 71.1 Å². The summed E-state index contributed by atoms with van der Waals surface area (Å²) < 4.78 is 5.65. The second-order valence-electron chi connectivity index (χ2n) is 11.3. The van der Waals surface area contributed by atoms with Gasteiger partial charge in [-0.05, 0) is 48.6 Å². The van der Waals surface area contributed by atoms with Gasteiger partial charge in [0.15, 0.2) is 0 Å². The Morgan fingerprint density at radius 1 is 1.14 bits per heavy atom. The smallest absolute Gasteiger partial charge is 0.252 e. The molecule has 1 aliphatic heterocycles. The molecule has 2 heterocycles. The summed E-state index contributed by atoms with van der Waals surface area (Å²) in [4.78, 5) is 20.6. The van der Waals surface area contributed by atoms with Gasteiger partial charge in [-0.15, -0.1) is 0 Å². The summed E-state index contributed by atoms with van der Waals surface area (Å²) in [5, 5.41) is 16.8. The number of nitrogens with zero attached hydrogens (tertiary/aromatic N) is 4. The van der Waals surface area contributed by atoms with Crippen LogP contribution in [-0.4, -0.2) is 58.1 Å². The first-order chi connectivity index (χ1) is 17.0. The Balaban J connectivity index is 1.54. The molecule has 1 aliphatic carbocycles. The number of aliphatic hydroxyl groups is 1. The number of benzene rings is 2. The molecule has 1 saturated carbocycles. The fraction of sp³-hybridized carbons (Fsp3) is 0.483. The maximum Gasteiger partial charge on any atom is 0.252 e. The quantitative estimate of drug-likeness (QED) is 0.527. The van der Waals surface area contributed by atoms with E-state index in [1.165, 1.54) is 5.56 Å². The number of aromatic nitrogens is 2. The van der Waals surface area contributed by atoms with Gasteiger partial charge in [0.2, 0.25) is 11.7 Å². The van der Waals surface area contributed by atoms with Crippen molar-refractivity contribution in [2.45, 2.75) is 57.6 Å². The zero-order chi connectivity index (χ0) is 25.9. The molecular formula is C29H36N4O3. The zero-order valence-electron chi connectivity index (χ0n) is 22.1. The van der Waals surface area contributed by atoms with Crippen LogP contribution in [0.4, 0.5) is 0 Å². The fourth-order valence-electron chi connectivity index (χ4n) is 5.87. The second kappa shape index (κ2) is 8.53. The average Bonchev–Trinajstić information content (AvgIpc) is 3.50. The Labute approximate surface area is 213 Å². The van der Waals surface area contributed by atoms with E-state index in [-0.39, 0.29) is 11.3 Å². The topological polar surface area (TPSA) is 82.7 Å². The Bertz CT molecular complexity index is 1270. The molecular weight excluding hydrogens is 452 g/mol. The Hall–Kier alpha value is -3.03. The molecule has 0 spiro atoms. The number of amides is 1. The van der Waals surface area contributed by atoms with E-state index in [9.17, 15) is 9.90 Å². The molecule has 1 saturated heterocycles. The zero-order valence-corrected chi connectivity index (χ0v) is 22.1. The van der Waals surface area contributed by atoms with Gasteiger partial charge < -0.3 is 19.4 Å². The van der Waals surface area contributed by atoms with E-state index in [1.54, 1.807) is 18.9 Å². The van der Waals surface area contributed by atoms with E-state index >= 15 is 0 Å². The lowest BCUT2D eigenvalue weighted by molar-refractivity contribution is -0.131. The highest BCUT2D eigenvalue weighted by atomic mass is 16.5. The van der Waals surface area contributed by atoms with Crippen LogP contribution < -0.4 is 0 Å². The first kappa shape index (κ1) is 24.7. The van der Waals surface area contributed by atoms with Crippen LogP contribution in [0.5, 0.6) is 0 Å². The summed E-state index contributed by atoms with van der Waals surface area (Å²) in [7, 11) is 3.86. The average molecular weight is 489 g/mol. The summed E-state index contributed by atoms with van der Waals surface area (Å²) in [5.74, 6) is 1.32. The summed E-state index contributed by atoms with van der Waals surface area (Å²) in [6, 6.07) is 16.2. The van der Waals surface area contributed by atoms with Crippen LogP contribution >= 0.6 is 0 Å². The number of hydrogen-bond donors (Lipinski definition) is 1. The summed E-state index contributed by atoms with van der Waals surface area (Å²) >= 11 is 0. The molecule has 7 heteroatoms. The third-order valence-corrected chi connectivity index (χ3v) is 8.31. The molecule has 1 amide bonds. The SMILES string of the molecule is CC(=O)N(C)C1(c2nc(-c3cccc([C@@](O)(c4ccc(C(C)C)cc4)C4(C)CN(C)C4)c3)no2)CC1. The van der Waals surface area contributed by atoms with Gasteiger partial charge >= 0.3 is 0 Å². The third kappa shape index (κ3) is 3.76. The summed E-state index contributed by atoms with van der Waals surface area (Å²) in [6.45, 7) is 9.61. The number of likely N-dealkylation sites (tertiary alicyclic amines) is 1. The highest BCUT2D eigenvalue weighted by Crippen LogP contribution is 2.52. The van der Waals surface area contributed by atoms with E-state index in [2.05, 4.69) is 62.1 Å². The van der Waals surface area contributed by atoms with E-state index in [4.69, 9.17) is 9.51 Å². The first-order valence-corrected chi connectivity index (χ1v) is 12.7. The van der Waals surface area contributed by atoms with Crippen LogP contribution in [0.3, 0.4) is 0 Å². The van der Waals surface area contributed by atoms with Crippen LogP contribution in [-0.2, 0) is 15.9 Å². The molecule has 2 fully saturated rings. The molecule has 3 aromatic rings. The molecule has 0 radical (unpaired) electrons. The van der Waals surface area contributed by atoms with Crippen LogP contribution in [0.25, 0.3) is 11.4 Å². The third-order valence-electron chi connectivity index (χ3n) is 8.31. The van der Waals surface area contributed by atoms with Crippen molar-refractivity contribution < 1.29 is 14.4 Å². The van der Waals surface area contributed by atoms with Gasteiger partial charge in [-0.25, -0.2) is 0 Å². The summed E-state index contributed by atoms with van der Waals surface area (Å²) in [6.07, 6.45) is 1.62. The van der Waals surface area contributed by atoms with E-state index in [0.717, 1.165) is 42.6 Å². The van der Waals surface area contributed by atoms with Gasteiger partial charge in [0.25, 0.3) is 5.89 Å². The summed E-state index contributed by atoms with van der Waals surface area (Å²) in [5.41, 5.74) is 1.66. The van der Waals surface area contributed by atoms with Crippen molar-refractivity contribution in [1.82, 2.24) is 19.9 Å². The lowest BCUT2D eigenvalue weighted by atomic mass is 9.62. The largest absolute Gasteiger partial charge is 0.380 e. The first-order valence-electron chi connectivity index (χ1n) is 12.7. The van der Waals surface area contributed by atoms with Gasteiger partial charge in [0, 0.05) is 38.0 Å². The highest BCUT2D eigenvalue weighted by molar-refractivity contribution is 5.74. The monoisotopic (exact) mass is 488 g/mol. The maximum absolute atomic E-state index is 12.5. The molecule has 0 bridgehead atoms. The lowest BCUT2D eigenvalue weighted by Crippen LogP contribution is -2.63. The van der Waals surface area contributed by atoms with E-state index in [1.807, 2.05) is 24.3 Å². The van der Waals surface area contributed by atoms with Gasteiger partial charge in [-0.1, -0.05) is 68.4 Å². The van der Waals surface area contributed by atoms with E-state index < -0.39 is 11.1 Å². The second-order valence-corrected chi connectivity index (χ2v) is 11.3. The Kier molecular flexibility index (Phi) is 5.84. The number of carbonyl (C=O) groups excluding carboxylic acids is 1. The molecule has 2 aromatic carbocycles. The number of rotatable bonds is 7. The van der Waals surface area contributed by atoms with Crippen molar-refractivity contribution >= 4 is 5.91 Å². The minimum Gasteiger partial charge on any atom is -0.380 e. The number of carbonyl (C=O) groups is 1. The van der Waals surface area contributed by atoms with Crippen molar-refractivity contribution in [2.24, 2.45) is 5.41 Å². The van der Waals surface area contributed by atoms with Crippen molar-refractivity contribution in [3.8, 4) is 11.4 Å². The minimum absolute atomic E-state index is 0.0264. The molecule has 0 unspecified atom stereocenters. The van der Waals surface area contributed by atoms with Crippen molar-refractivity contribution in [2.75, 3.05) is 27.2 Å². The minimum atomic E-state index is -1.19. The molecule has 190 valence electrons. The predicted molar refractivity (Wildman–Crippen MR) is 138 cm³/mol. The molecule has 1 aromatic heterocycles. The fourth-order valence-corrected chi connectivity index (χ4v) is 5.87. The van der Waals surface area contributed by atoms with Crippen LogP contribution in [0.2, 0.25) is 0 Å². The van der Waals surface area contributed by atoms with Crippen molar-refractivity contribution in [3.63, 3.8) is 0 Å². The highest BCUT2D eigenvalue weighted by Gasteiger charge is 2.56. The van der Waals surface area contributed by atoms with Crippen LogP contribution in [0.1, 0.15) is 69.0 Å². The molecule has 2 aliphatic rings. The standard InChI is InChI=1S/C29H36N4O3/c1-19(2)21-10-12-23(13-11-21)29(35,27(4)17-32(5)18-27)24-9-7-8-22(16-24)25-30-26(36-31-25)28(14-15-28)33(6)20(3)34/h7-13,16,19,35H,14-15,17-18H2,1-6H3/t29-/m0/s1. The van der Waals surface area contributed by atoms with Gasteiger partial charge in [-0.3, -0.25) is 4.79 Å². The molecule has 5 rings (SSSR count). The normalized spacial score (nSPS) is 20.0. The van der Waals surface area contributed by atoms with Gasteiger partial charge in [0.1, 0.15) is 11.1 Å². The Morgan fingerprint density at radius 2 is 1.81 bits per heavy atom. The molecule has 36 heavy (non-hydrogen) atoms. The van der Waals surface area contributed by atoms with Crippen molar-refractivity contribution in [1.29, 1.82) is 0 Å². The molecule has 1 atom stereocenters. The van der Waals surface area contributed by atoms with Crippen LogP contribution in [0, 0.1) is 5.41 Å². The Morgan fingerprint density at radius 3 is 2.36 bits per heavy atom. The lowest BCUT2D eigenvalue weighted by Gasteiger charge is -2.56. The maximum atomic E-state index is 12.5. The molecule has 1 N–H and O–H groups in total. The van der Waals surface area contributed by atoms with Crippen LogP contribution in [0.15, 0.2) is 53.1 Å². The van der Waals surface area contributed by atoms with E-state index in [0.29, 0.717) is 17.6 Å². The van der Waals surface area contributed by atoms with Gasteiger partial charge in [0.05, 0.1) is 0 Å². The predicted octanol–water partition coefficient (Wildman–Crippen LogP) is 4.52. The van der Waals surface area contributed by atoms with Gasteiger partial charge in [-0.2, -0.15) is 4.98 Å². The molecule has 7 nitrogen and oxygen atoms in total.